The highest BCUT2D eigenvalue weighted by atomic mass is 19.1. The maximum atomic E-state index is 13.6. The molecule has 0 saturated carbocycles. The molecule has 9 heteroatoms. The van der Waals surface area contributed by atoms with Gasteiger partial charge in [0, 0.05) is 55.5 Å². The Balaban J connectivity index is 1.37. The van der Waals surface area contributed by atoms with Crippen molar-refractivity contribution in [3.05, 3.63) is 82.7 Å². The number of pyridine rings is 1. The molecule has 174 valence electrons. The van der Waals surface area contributed by atoms with Crippen LogP contribution < -0.4 is 5.56 Å². The first-order chi connectivity index (χ1) is 16.5. The van der Waals surface area contributed by atoms with E-state index < -0.39 is 0 Å². The first-order valence-electron chi connectivity index (χ1n) is 10.8. The minimum atomic E-state index is -0.375. The molecule has 1 saturated heterocycles. The first kappa shape index (κ1) is 22.0. The lowest BCUT2D eigenvalue weighted by Gasteiger charge is -2.16. The van der Waals surface area contributed by atoms with E-state index in [9.17, 15) is 14.0 Å². The second kappa shape index (κ2) is 8.85. The number of halogens is 1. The molecule has 1 amide bonds. The minimum absolute atomic E-state index is 0.0933. The zero-order valence-electron chi connectivity index (χ0n) is 18.7. The number of ether oxygens (including phenoxy) is 2. The molecule has 1 aliphatic heterocycles. The Bertz CT molecular complexity index is 1400. The molecule has 1 fully saturated rings. The number of aromatic nitrogens is 3. The molecule has 3 heterocycles. The van der Waals surface area contributed by atoms with Crippen LogP contribution in [0, 0.1) is 5.82 Å². The van der Waals surface area contributed by atoms with Crippen molar-refractivity contribution >= 4 is 16.8 Å². The van der Waals surface area contributed by atoms with E-state index in [2.05, 4.69) is 10.1 Å². The average Bonchev–Trinajstić information content (AvgIpc) is 3.51. The zero-order chi connectivity index (χ0) is 23.8. The van der Waals surface area contributed by atoms with Crippen LogP contribution in [-0.4, -0.2) is 65.1 Å². The Labute approximate surface area is 194 Å². The molecule has 2 aromatic carbocycles. The Morgan fingerprint density at radius 2 is 1.76 bits per heavy atom. The van der Waals surface area contributed by atoms with Gasteiger partial charge in [0.2, 0.25) is 0 Å². The van der Waals surface area contributed by atoms with Crippen molar-refractivity contribution in [3.63, 3.8) is 0 Å². The molecule has 0 bridgehead atoms. The van der Waals surface area contributed by atoms with Crippen molar-refractivity contribution in [1.82, 2.24) is 19.7 Å². The van der Waals surface area contributed by atoms with Gasteiger partial charge in [0.15, 0.2) is 0 Å². The molecule has 0 radical (unpaired) electrons. The van der Waals surface area contributed by atoms with Crippen molar-refractivity contribution in [1.29, 1.82) is 0 Å². The maximum absolute atomic E-state index is 13.6. The molecule has 1 aliphatic rings. The number of nitrogens with one attached hydrogen (secondary N) is 1. The molecule has 0 aliphatic carbocycles. The SMILES string of the molecule is CO[C@H]1CN(C(=O)c2ccc(-n3cc(-c4cc5cc(F)ccc5[nH]c4=O)cn3)cc2)C[C@@H]1OC. The number of H-pyrrole nitrogens is 1. The number of carbonyl (C=O) groups is 1. The summed E-state index contributed by atoms with van der Waals surface area (Å²) in [6.45, 7) is 0.949. The molecule has 2 atom stereocenters. The van der Waals surface area contributed by atoms with E-state index in [1.54, 1.807) is 66.5 Å². The highest BCUT2D eigenvalue weighted by Crippen LogP contribution is 2.22. The van der Waals surface area contributed by atoms with Crippen LogP contribution in [0.25, 0.3) is 27.7 Å². The summed E-state index contributed by atoms with van der Waals surface area (Å²) in [7, 11) is 3.23. The third-order valence-corrected chi connectivity index (χ3v) is 6.19. The van der Waals surface area contributed by atoms with Crippen LogP contribution in [0.4, 0.5) is 4.39 Å². The monoisotopic (exact) mass is 462 g/mol. The van der Waals surface area contributed by atoms with Crippen LogP contribution in [0.1, 0.15) is 10.4 Å². The number of benzene rings is 2. The van der Waals surface area contributed by atoms with Crippen LogP contribution in [0.5, 0.6) is 0 Å². The average molecular weight is 462 g/mol. The van der Waals surface area contributed by atoms with Crippen LogP contribution >= 0.6 is 0 Å². The van der Waals surface area contributed by atoms with Gasteiger partial charge in [-0.15, -0.1) is 0 Å². The third-order valence-electron chi connectivity index (χ3n) is 6.19. The smallest absolute Gasteiger partial charge is 0.256 e. The lowest BCUT2D eigenvalue weighted by atomic mass is 10.1. The zero-order valence-corrected chi connectivity index (χ0v) is 18.7. The summed E-state index contributed by atoms with van der Waals surface area (Å²) in [5.74, 6) is -0.468. The molecule has 0 unspecified atom stereocenters. The number of methoxy groups -OCH3 is 2. The molecule has 8 nitrogen and oxygen atoms in total. The summed E-state index contributed by atoms with van der Waals surface area (Å²) in [4.78, 5) is 30.0. The Morgan fingerprint density at radius 3 is 2.44 bits per heavy atom. The largest absolute Gasteiger partial charge is 0.377 e. The minimum Gasteiger partial charge on any atom is -0.377 e. The number of hydrogen-bond acceptors (Lipinski definition) is 5. The molecule has 0 spiro atoms. The summed E-state index contributed by atoms with van der Waals surface area (Å²) < 4.78 is 26.1. The van der Waals surface area contributed by atoms with Gasteiger partial charge in [-0.2, -0.15) is 5.10 Å². The van der Waals surface area contributed by atoms with Crippen LogP contribution in [0.2, 0.25) is 0 Å². The molecular formula is C25H23FN4O4. The molecule has 1 N–H and O–H groups in total. The predicted octanol–water partition coefficient (Wildman–Crippen LogP) is 3.01. The number of likely N-dealkylation sites (tertiary alicyclic amines) is 1. The van der Waals surface area contributed by atoms with Crippen molar-refractivity contribution in [2.75, 3.05) is 27.3 Å². The number of nitrogens with zero attached hydrogens (tertiary/aromatic N) is 3. The standard InChI is InChI=1S/C25H23FN4O4/c1-33-22-13-29(14-23(22)34-2)25(32)15-3-6-19(7-4-15)30-12-17(11-27-30)20-10-16-9-18(26)5-8-21(16)28-24(20)31/h3-12,22-23H,13-14H2,1-2H3,(H,28,31)/t22-,23-/m0/s1. The summed E-state index contributed by atoms with van der Waals surface area (Å²) in [5.41, 5.74) is 2.56. The number of amides is 1. The Kier molecular flexibility index (Phi) is 5.72. The quantitative estimate of drug-likeness (QED) is 0.493. The summed E-state index contributed by atoms with van der Waals surface area (Å²) in [6, 6.07) is 12.9. The lowest BCUT2D eigenvalue weighted by molar-refractivity contribution is -0.00461. The molecule has 34 heavy (non-hydrogen) atoms. The fourth-order valence-electron chi connectivity index (χ4n) is 4.30. The number of aromatic amines is 1. The van der Waals surface area contributed by atoms with E-state index in [0.29, 0.717) is 40.7 Å². The number of hydrogen-bond donors (Lipinski definition) is 1. The van der Waals surface area contributed by atoms with Crippen molar-refractivity contribution in [2.45, 2.75) is 12.2 Å². The fourth-order valence-corrected chi connectivity index (χ4v) is 4.30. The number of fused-ring (bicyclic) bond motifs is 1. The molecule has 5 rings (SSSR count). The van der Waals surface area contributed by atoms with Crippen LogP contribution in [-0.2, 0) is 9.47 Å². The maximum Gasteiger partial charge on any atom is 0.256 e. The highest BCUT2D eigenvalue weighted by molar-refractivity contribution is 5.94. The van der Waals surface area contributed by atoms with Gasteiger partial charge in [-0.25, -0.2) is 9.07 Å². The van der Waals surface area contributed by atoms with Gasteiger partial charge in [-0.05, 0) is 48.5 Å². The number of rotatable bonds is 5. The second-order valence-corrected chi connectivity index (χ2v) is 8.22. The molecule has 4 aromatic rings. The van der Waals surface area contributed by atoms with Gasteiger partial charge in [-0.3, -0.25) is 9.59 Å². The molecular weight excluding hydrogens is 439 g/mol. The van der Waals surface area contributed by atoms with Gasteiger partial charge < -0.3 is 19.4 Å². The van der Waals surface area contributed by atoms with Crippen molar-refractivity contribution < 1.29 is 18.7 Å². The normalized spacial score (nSPS) is 18.0. The van der Waals surface area contributed by atoms with Crippen molar-refractivity contribution in [2.24, 2.45) is 0 Å². The predicted molar refractivity (Wildman–Crippen MR) is 125 cm³/mol. The van der Waals surface area contributed by atoms with Gasteiger partial charge in [0.1, 0.15) is 18.0 Å². The van der Waals surface area contributed by atoms with Gasteiger partial charge >= 0.3 is 0 Å². The summed E-state index contributed by atoms with van der Waals surface area (Å²) >= 11 is 0. The Morgan fingerprint density at radius 1 is 1.06 bits per heavy atom. The molecule has 2 aromatic heterocycles. The van der Waals surface area contributed by atoms with E-state index in [0.717, 1.165) is 5.69 Å². The van der Waals surface area contributed by atoms with Gasteiger partial charge in [0.05, 0.1) is 17.4 Å². The topological polar surface area (TPSA) is 89.5 Å². The third kappa shape index (κ3) is 4.00. The highest BCUT2D eigenvalue weighted by Gasteiger charge is 2.35. The summed E-state index contributed by atoms with van der Waals surface area (Å²) in [5, 5.41) is 4.95. The second-order valence-electron chi connectivity index (χ2n) is 8.22. The van der Waals surface area contributed by atoms with E-state index in [4.69, 9.17) is 9.47 Å². The van der Waals surface area contributed by atoms with Crippen LogP contribution in [0.3, 0.4) is 0 Å². The Hall–Kier alpha value is -3.82. The van der Waals surface area contributed by atoms with E-state index in [-0.39, 0.29) is 29.5 Å². The van der Waals surface area contributed by atoms with Crippen LogP contribution in [0.15, 0.2) is 65.7 Å². The first-order valence-corrected chi connectivity index (χ1v) is 10.8. The van der Waals surface area contributed by atoms with Gasteiger partial charge in [-0.1, -0.05) is 0 Å². The van der Waals surface area contributed by atoms with Gasteiger partial charge in [0.25, 0.3) is 11.5 Å². The number of carbonyl (C=O) groups excluding carboxylic acids is 1. The summed E-state index contributed by atoms with van der Waals surface area (Å²) in [6.07, 6.45) is 3.00. The van der Waals surface area contributed by atoms with E-state index >= 15 is 0 Å². The van der Waals surface area contributed by atoms with E-state index in [1.165, 1.54) is 18.2 Å². The fraction of sp³-hybridized carbons (Fsp3) is 0.240. The van der Waals surface area contributed by atoms with E-state index in [1.807, 2.05) is 0 Å². The van der Waals surface area contributed by atoms with Crippen molar-refractivity contribution in [3.8, 4) is 16.8 Å². The lowest BCUT2D eigenvalue weighted by Crippen LogP contribution is -2.30.